The van der Waals surface area contributed by atoms with Gasteiger partial charge in [-0.2, -0.15) is 4.80 Å². The number of hydrogen-bond donors (Lipinski definition) is 2. The second-order valence-corrected chi connectivity index (χ2v) is 8.63. The minimum absolute atomic E-state index is 0.179. The van der Waals surface area contributed by atoms with Gasteiger partial charge in [-0.1, -0.05) is 38.1 Å². The number of aromatic nitrogens is 3. The molecule has 0 fully saturated rings. The van der Waals surface area contributed by atoms with E-state index in [2.05, 4.69) is 46.8 Å². The maximum atomic E-state index is 13.2. The monoisotopic (exact) mass is 473 g/mol. The van der Waals surface area contributed by atoms with E-state index in [0.717, 1.165) is 11.1 Å². The number of rotatable bonds is 5. The standard InChI is InChI=1S/C26H24FN5OS/c1-16(2)19-7-4-18(5-8-19)6-13-25(33)29-26(34)28-22-15-24-23(14-17(22)3)30-32(31-24)21-11-9-20(27)10-12-21/h4-16H,1-3H3,(H2,28,29,33,34)/b13-6+. The smallest absolute Gasteiger partial charge is 0.250 e. The molecule has 0 bridgehead atoms. The summed E-state index contributed by atoms with van der Waals surface area (Å²) in [5.74, 6) is -0.191. The van der Waals surface area contributed by atoms with Crippen LogP contribution in [0.25, 0.3) is 22.8 Å². The minimum Gasteiger partial charge on any atom is -0.332 e. The van der Waals surface area contributed by atoms with Crippen molar-refractivity contribution in [3.63, 3.8) is 0 Å². The van der Waals surface area contributed by atoms with Crippen molar-refractivity contribution in [2.24, 2.45) is 0 Å². The van der Waals surface area contributed by atoms with Gasteiger partial charge >= 0.3 is 0 Å². The lowest BCUT2D eigenvalue weighted by Crippen LogP contribution is -2.33. The number of carbonyl (C=O) groups excluding carboxylic acids is 1. The molecule has 0 aliphatic rings. The summed E-state index contributed by atoms with van der Waals surface area (Å²) in [6, 6.07) is 17.7. The van der Waals surface area contributed by atoms with Gasteiger partial charge in [0.2, 0.25) is 5.91 Å². The van der Waals surface area contributed by atoms with Crippen molar-refractivity contribution in [1.82, 2.24) is 20.3 Å². The molecule has 2 N–H and O–H groups in total. The molecule has 4 rings (SSSR count). The first-order valence-electron chi connectivity index (χ1n) is 10.8. The summed E-state index contributed by atoms with van der Waals surface area (Å²) in [4.78, 5) is 13.7. The Bertz CT molecular complexity index is 1380. The molecule has 0 saturated heterocycles. The highest BCUT2D eigenvalue weighted by atomic mass is 32.1. The summed E-state index contributed by atoms with van der Waals surface area (Å²) in [5, 5.41) is 14.8. The van der Waals surface area contributed by atoms with Crippen molar-refractivity contribution >= 4 is 46.0 Å². The van der Waals surface area contributed by atoms with Crippen molar-refractivity contribution in [3.8, 4) is 5.69 Å². The lowest BCUT2D eigenvalue weighted by molar-refractivity contribution is -0.115. The van der Waals surface area contributed by atoms with Gasteiger partial charge in [0.05, 0.1) is 5.69 Å². The molecule has 0 aliphatic carbocycles. The Hall–Kier alpha value is -3.91. The zero-order chi connectivity index (χ0) is 24.2. The largest absolute Gasteiger partial charge is 0.332 e. The van der Waals surface area contributed by atoms with Crippen molar-refractivity contribution in [3.05, 3.63) is 89.2 Å². The Kier molecular flexibility index (Phi) is 6.79. The fraction of sp³-hybridized carbons (Fsp3) is 0.154. The van der Waals surface area contributed by atoms with E-state index < -0.39 is 0 Å². The molecule has 1 heterocycles. The second kappa shape index (κ2) is 9.93. The predicted octanol–water partition coefficient (Wildman–Crippen LogP) is 5.52. The van der Waals surface area contributed by atoms with Crippen LogP contribution in [0.3, 0.4) is 0 Å². The number of halogens is 1. The van der Waals surface area contributed by atoms with Crippen LogP contribution in [0.15, 0.2) is 66.7 Å². The number of aryl methyl sites for hydroxylation is 1. The van der Waals surface area contributed by atoms with E-state index in [1.807, 2.05) is 31.2 Å². The van der Waals surface area contributed by atoms with Crippen LogP contribution in [0, 0.1) is 12.7 Å². The maximum absolute atomic E-state index is 13.2. The Balaban J connectivity index is 1.42. The lowest BCUT2D eigenvalue weighted by atomic mass is 10.0. The SMILES string of the molecule is Cc1cc2nn(-c3ccc(F)cc3)nc2cc1NC(=S)NC(=O)/C=C/c1ccc(C(C)C)cc1. The van der Waals surface area contributed by atoms with Gasteiger partial charge in [0.1, 0.15) is 16.9 Å². The van der Waals surface area contributed by atoms with Gasteiger partial charge in [0.25, 0.3) is 0 Å². The zero-order valence-corrected chi connectivity index (χ0v) is 19.9. The summed E-state index contributed by atoms with van der Waals surface area (Å²) in [5.41, 5.74) is 5.75. The van der Waals surface area contributed by atoms with Crippen molar-refractivity contribution in [2.45, 2.75) is 26.7 Å². The van der Waals surface area contributed by atoms with E-state index in [4.69, 9.17) is 12.2 Å². The lowest BCUT2D eigenvalue weighted by Gasteiger charge is -2.10. The van der Waals surface area contributed by atoms with Crippen LogP contribution in [0.1, 0.15) is 36.5 Å². The molecule has 0 aliphatic heterocycles. The van der Waals surface area contributed by atoms with Gasteiger partial charge in [-0.3, -0.25) is 10.1 Å². The van der Waals surface area contributed by atoms with Crippen molar-refractivity contribution in [1.29, 1.82) is 0 Å². The van der Waals surface area contributed by atoms with Crippen LogP contribution in [0.4, 0.5) is 10.1 Å². The molecule has 0 spiro atoms. The van der Waals surface area contributed by atoms with E-state index in [-0.39, 0.29) is 16.8 Å². The molecule has 6 nitrogen and oxygen atoms in total. The van der Waals surface area contributed by atoms with E-state index in [9.17, 15) is 9.18 Å². The minimum atomic E-state index is -0.327. The quantitative estimate of drug-likeness (QED) is 0.295. The van der Waals surface area contributed by atoms with E-state index in [0.29, 0.717) is 28.3 Å². The Labute approximate surface area is 202 Å². The molecule has 1 amide bonds. The van der Waals surface area contributed by atoms with Crippen LogP contribution < -0.4 is 10.6 Å². The molecule has 1 aromatic heterocycles. The Morgan fingerprint density at radius 3 is 2.32 bits per heavy atom. The van der Waals surface area contributed by atoms with Gasteiger partial charge in [0, 0.05) is 11.8 Å². The number of fused-ring (bicyclic) bond motifs is 1. The third-order valence-electron chi connectivity index (χ3n) is 5.30. The van der Waals surface area contributed by atoms with Crippen LogP contribution in [-0.4, -0.2) is 26.0 Å². The molecule has 4 aromatic rings. The number of thiocarbonyl (C=S) groups is 1. The predicted molar refractivity (Wildman–Crippen MR) is 137 cm³/mol. The average Bonchev–Trinajstić information content (AvgIpc) is 3.21. The molecular formula is C26H24FN5OS. The number of benzene rings is 3. The highest BCUT2D eigenvalue weighted by Crippen LogP contribution is 2.22. The summed E-state index contributed by atoms with van der Waals surface area (Å²) >= 11 is 5.31. The van der Waals surface area contributed by atoms with E-state index >= 15 is 0 Å². The van der Waals surface area contributed by atoms with Gasteiger partial charge in [0.15, 0.2) is 5.11 Å². The Morgan fingerprint density at radius 1 is 1.03 bits per heavy atom. The highest BCUT2D eigenvalue weighted by Gasteiger charge is 2.10. The highest BCUT2D eigenvalue weighted by molar-refractivity contribution is 7.80. The van der Waals surface area contributed by atoms with E-state index in [1.54, 1.807) is 18.2 Å². The van der Waals surface area contributed by atoms with Crippen LogP contribution in [0.2, 0.25) is 0 Å². The first kappa shape index (κ1) is 23.3. The van der Waals surface area contributed by atoms with Crippen molar-refractivity contribution in [2.75, 3.05) is 5.32 Å². The van der Waals surface area contributed by atoms with Gasteiger partial charge in [-0.25, -0.2) is 4.39 Å². The number of amides is 1. The molecule has 8 heteroatoms. The maximum Gasteiger partial charge on any atom is 0.250 e. The van der Waals surface area contributed by atoms with E-state index in [1.165, 1.54) is 28.6 Å². The van der Waals surface area contributed by atoms with Gasteiger partial charge in [-0.15, -0.1) is 10.2 Å². The first-order valence-corrected chi connectivity index (χ1v) is 11.2. The topological polar surface area (TPSA) is 71.8 Å². The summed E-state index contributed by atoms with van der Waals surface area (Å²) in [7, 11) is 0. The fourth-order valence-electron chi connectivity index (χ4n) is 3.36. The molecule has 0 saturated carbocycles. The third kappa shape index (κ3) is 5.52. The summed E-state index contributed by atoms with van der Waals surface area (Å²) in [6.07, 6.45) is 3.19. The molecule has 0 radical (unpaired) electrons. The number of carbonyl (C=O) groups is 1. The van der Waals surface area contributed by atoms with Crippen LogP contribution in [-0.2, 0) is 4.79 Å². The number of hydrogen-bond acceptors (Lipinski definition) is 4. The molecular weight excluding hydrogens is 449 g/mol. The van der Waals surface area contributed by atoms with Gasteiger partial charge < -0.3 is 5.32 Å². The zero-order valence-electron chi connectivity index (χ0n) is 19.0. The van der Waals surface area contributed by atoms with Crippen LogP contribution >= 0.6 is 12.2 Å². The average molecular weight is 474 g/mol. The first-order chi connectivity index (χ1) is 16.3. The normalized spacial score (nSPS) is 11.3. The molecule has 0 atom stereocenters. The van der Waals surface area contributed by atoms with Gasteiger partial charge in [-0.05, 0) is 84.2 Å². The molecule has 0 unspecified atom stereocenters. The molecule has 172 valence electrons. The molecule has 3 aromatic carbocycles. The van der Waals surface area contributed by atoms with Crippen molar-refractivity contribution < 1.29 is 9.18 Å². The van der Waals surface area contributed by atoms with Crippen LogP contribution in [0.5, 0.6) is 0 Å². The fourth-order valence-corrected chi connectivity index (χ4v) is 3.57. The Morgan fingerprint density at radius 2 is 1.68 bits per heavy atom. The number of anilines is 1. The second-order valence-electron chi connectivity index (χ2n) is 8.22. The molecule has 34 heavy (non-hydrogen) atoms. The summed E-state index contributed by atoms with van der Waals surface area (Å²) < 4.78 is 13.2. The third-order valence-corrected chi connectivity index (χ3v) is 5.50. The number of nitrogens with one attached hydrogen (secondary N) is 2. The summed E-state index contributed by atoms with van der Waals surface area (Å²) in [6.45, 7) is 6.18. The number of nitrogens with zero attached hydrogens (tertiary/aromatic N) is 3.